The molecule has 2 rings (SSSR count). The molecular formula is C13H14BrNO3S. The van der Waals surface area contributed by atoms with Gasteiger partial charge in [0.1, 0.15) is 0 Å². The van der Waals surface area contributed by atoms with Gasteiger partial charge >= 0.3 is 0 Å². The maximum absolute atomic E-state index is 12.4. The quantitative estimate of drug-likeness (QED) is 0.845. The van der Waals surface area contributed by atoms with Crippen molar-refractivity contribution in [2.24, 2.45) is 5.41 Å². The second-order valence-electron chi connectivity index (χ2n) is 4.72. The lowest BCUT2D eigenvalue weighted by Crippen LogP contribution is -2.35. The van der Waals surface area contributed by atoms with E-state index in [0.717, 1.165) is 4.47 Å². The number of hydrogen-bond donors (Lipinski definition) is 0. The van der Waals surface area contributed by atoms with Crippen molar-refractivity contribution < 1.29 is 13.2 Å². The third kappa shape index (κ3) is 3.35. The maximum Gasteiger partial charge on any atom is 0.179 e. The molecule has 1 aromatic carbocycles. The van der Waals surface area contributed by atoms with Gasteiger partial charge in [-0.25, -0.2) is 8.42 Å². The summed E-state index contributed by atoms with van der Waals surface area (Å²) in [5.41, 5.74) is -0.815. The Hall–Kier alpha value is -0.900. The van der Waals surface area contributed by atoms with Gasteiger partial charge in [-0.15, -0.1) is 0 Å². The standard InChI is InChI=1S/C13H14BrNO3S/c14-11-1-3-12(4-2-11)19(16,17)10-13(9-15)5-7-18-8-6-13/h1-4H,5-8,10H2. The zero-order valence-electron chi connectivity index (χ0n) is 10.3. The van der Waals surface area contributed by atoms with Crippen LogP contribution in [0.4, 0.5) is 0 Å². The Morgan fingerprint density at radius 2 is 1.84 bits per heavy atom. The summed E-state index contributed by atoms with van der Waals surface area (Å²) in [5, 5.41) is 9.32. The molecule has 0 aromatic heterocycles. The van der Waals surface area contributed by atoms with Crippen LogP contribution in [-0.4, -0.2) is 27.4 Å². The SMILES string of the molecule is N#CC1(CS(=O)(=O)c2ccc(Br)cc2)CCOCC1. The molecule has 1 aliphatic rings. The lowest BCUT2D eigenvalue weighted by molar-refractivity contribution is 0.0490. The first-order valence-corrected chi connectivity index (χ1v) is 8.39. The zero-order valence-corrected chi connectivity index (χ0v) is 12.7. The van der Waals surface area contributed by atoms with Crippen molar-refractivity contribution in [2.75, 3.05) is 19.0 Å². The van der Waals surface area contributed by atoms with Crippen molar-refractivity contribution in [1.82, 2.24) is 0 Å². The van der Waals surface area contributed by atoms with E-state index < -0.39 is 15.3 Å². The third-order valence-corrected chi connectivity index (χ3v) is 5.78. The van der Waals surface area contributed by atoms with Gasteiger partial charge in [0.2, 0.25) is 0 Å². The van der Waals surface area contributed by atoms with Crippen LogP contribution in [-0.2, 0) is 14.6 Å². The predicted octanol–water partition coefficient (Wildman–Crippen LogP) is 2.54. The van der Waals surface area contributed by atoms with Gasteiger partial charge in [0, 0.05) is 17.7 Å². The van der Waals surface area contributed by atoms with Crippen molar-refractivity contribution in [2.45, 2.75) is 17.7 Å². The molecule has 0 aliphatic carbocycles. The van der Waals surface area contributed by atoms with Crippen LogP contribution in [0.2, 0.25) is 0 Å². The van der Waals surface area contributed by atoms with Crippen molar-refractivity contribution >= 4 is 25.8 Å². The fourth-order valence-corrected chi connectivity index (χ4v) is 4.20. The summed E-state index contributed by atoms with van der Waals surface area (Å²) in [6.07, 6.45) is 0.943. The molecule has 102 valence electrons. The van der Waals surface area contributed by atoms with Crippen molar-refractivity contribution in [3.8, 4) is 6.07 Å². The van der Waals surface area contributed by atoms with Crippen molar-refractivity contribution in [1.29, 1.82) is 5.26 Å². The first-order chi connectivity index (χ1) is 8.97. The van der Waals surface area contributed by atoms with Crippen LogP contribution in [0, 0.1) is 16.7 Å². The summed E-state index contributed by atoms with van der Waals surface area (Å²) < 4.78 is 30.8. The first-order valence-electron chi connectivity index (χ1n) is 5.95. The highest BCUT2D eigenvalue weighted by Gasteiger charge is 2.38. The smallest absolute Gasteiger partial charge is 0.179 e. The number of nitrogens with zero attached hydrogens (tertiary/aromatic N) is 1. The highest BCUT2D eigenvalue weighted by Crippen LogP contribution is 2.33. The average Bonchev–Trinajstić information content (AvgIpc) is 2.40. The highest BCUT2D eigenvalue weighted by molar-refractivity contribution is 9.10. The zero-order chi connectivity index (χ0) is 13.9. The maximum atomic E-state index is 12.4. The number of sulfone groups is 1. The molecule has 0 N–H and O–H groups in total. The van der Waals surface area contributed by atoms with Crippen LogP contribution in [0.1, 0.15) is 12.8 Å². The van der Waals surface area contributed by atoms with Gasteiger partial charge in [-0.05, 0) is 37.1 Å². The van der Waals surface area contributed by atoms with Crippen molar-refractivity contribution in [3.63, 3.8) is 0 Å². The number of rotatable bonds is 3. The molecule has 1 aromatic rings. The van der Waals surface area contributed by atoms with Gasteiger partial charge in [0.25, 0.3) is 0 Å². The Bertz CT molecular complexity index is 583. The summed E-state index contributed by atoms with van der Waals surface area (Å²) in [4.78, 5) is 0.261. The topological polar surface area (TPSA) is 67.2 Å². The van der Waals surface area contributed by atoms with E-state index in [1.807, 2.05) is 0 Å². The summed E-state index contributed by atoms with van der Waals surface area (Å²) in [6, 6.07) is 8.69. The predicted molar refractivity (Wildman–Crippen MR) is 74.3 cm³/mol. The molecule has 0 unspecified atom stereocenters. The molecule has 1 aliphatic heterocycles. The summed E-state index contributed by atoms with van der Waals surface area (Å²) in [5.74, 6) is -0.137. The number of benzene rings is 1. The minimum absolute atomic E-state index is 0.137. The van der Waals surface area contributed by atoms with E-state index in [0.29, 0.717) is 26.1 Å². The first kappa shape index (κ1) is 14.5. The lowest BCUT2D eigenvalue weighted by Gasteiger charge is -2.30. The second kappa shape index (κ2) is 5.61. The van der Waals surface area contributed by atoms with E-state index in [-0.39, 0.29) is 10.6 Å². The fraction of sp³-hybridized carbons (Fsp3) is 0.462. The second-order valence-corrected chi connectivity index (χ2v) is 7.62. The lowest BCUT2D eigenvalue weighted by atomic mass is 9.84. The molecule has 0 bridgehead atoms. The van der Waals surface area contributed by atoms with Crippen molar-refractivity contribution in [3.05, 3.63) is 28.7 Å². The average molecular weight is 344 g/mol. The van der Waals surface area contributed by atoms with Gasteiger partial charge in [0.05, 0.1) is 22.1 Å². The largest absolute Gasteiger partial charge is 0.381 e. The molecule has 1 heterocycles. The van der Waals surface area contributed by atoms with Gasteiger partial charge in [-0.2, -0.15) is 5.26 Å². The van der Waals surface area contributed by atoms with Gasteiger partial charge in [-0.3, -0.25) is 0 Å². The molecule has 0 spiro atoms. The molecule has 0 radical (unpaired) electrons. The molecular weight excluding hydrogens is 330 g/mol. The number of ether oxygens (including phenoxy) is 1. The summed E-state index contributed by atoms with van der Waals surface area (Å²) in [7, 11) is -3.45. The Kier molecular flexibility index (Phi) is 4.29. The molecule has 1 fully saturated rings. The Morgan fingerprint density at radius 3 is 2.37 bits per heavy atom. The molecule has 0 amide bonds. The third-order valence-electron chi connectivity index (χ3n) is 3.33. The molecule has 6 heteroatoms. The molecule has 1 saturated heterocycles. The van der Waals surface area contributed by atoms with Crippen LogP contribution < -0.4 is 0 Å². The Labute approximate surface area is 121 Å². The van der Waals surface area contributed by atoms with Crippen LogP contribution in [0.3, 0.4) is 0 Å². The molecule has 19 heavy (non-hydrogen) atoms. The van der Waals surface area contributed by atoms with E-state index in [1.165, 1.54) is 0 Å². The van der Waals surface area contributed by atoms with E-state index >= 15 is 0 Å². The minimum Gasteiger partial charge on any atom is -0.381 e. The number of halogens is 1. The van der Waals surface area contributed by atoms with E-state index in [4.69, 9.17) is 4.74 Å². The van der Waals surface area contributed by atoms with E-state index in [2.05, 4.69) is 22.0 Å². The van der Waals surface area contributed by atoms with Gasteiger partial charge in [0.15, 0.2) is 9.84 Å². The Balaban J connectivity index is 2.25. The van der Waals surface area contributed by atoms with Crippen LogP contribution in [0.5, 0.6) is 0 Å². The minimum atomic E-state index is -3.45. The summed E-state index contributed by atoms with van der Waals surface area (Å²) in [6.45, 7) is 0.896. The highest BCUT2D eigenvalue weighted by atomic mass is 79.9. The fourth-order valence-electron chi connectivity index (χ4n) is 2.14. The van der Waals surface area contributed by atoms with Gasteiger partial charge in [-0.1, -0.05) is 15.9 Å². The number of nitriles is 1. The van der Waals surface area contributed by atoms with E-state index in [9.17, 15) is 13.7 Å². The van der Waals surface area contributed by atoms with Crippen LogP contribution in [0.25, 0.3) is 0 Å². The van der Waals surface area contributed by atoms with Gasteiger partial charge < -0.3 is 4.74 Å². The molecule has 4 nitrogen and oxygen atoms in total. The normalized spacial score (nSPS) is 18.7. The van der Waals surface area contributed by atoms with E-state index in [1.54, 1.807) is 24.3 Å². The van der Waals surface area contributed by atoms with Crippen LogP contribution in [0.15, 0.2) is 33.6 Å². The Morgan fingerprint density at radius 1 is 1.26 bits per heavy atom. The molecule has 0 atom stereocenters. The monoisotopic (exact) mass is 343 g/mol. The van der Waals surface area contributed by atoms with Crippen LogP contribution >= 0.6 is 15.9 Å². The molecule has 0 saturated carbocycles. The summed E-state index contributed by atoms with van der Waals surface area (Å²) >= 11 is 3.27. The number of hydrogen-bond acceptors (Lipinski definition) is 4.